The van der Waals surface area contributed by atoms with Crippen LogP contribution in [-0.2, 0) is 9.59 Å². The smallest absolute Gasteiger partial charge is 0.273 e. The molecule has 2 aromatic carbocycles. The van der Waals surface area contributed by atoms with Gasteiger partial charge in [-0.05, 0) is 43.2 Å². The fraction of sp³-hybridized carbons (Fsp3) is 0.348. The third kappa shape index (κ3) is 7.94. The molecule has 3 N–H and O–H groups in total. The van der Waals surface area contributed by atoms with Gasteiger partial charge >= 0.3 is 0 Å². The fourth-order valence-corrected chi connectivity index (χ4v) is 2.93. The van der Waals surface area contributed by atoms with Crippen LogP contribution in [0.5, 0.6) is 5.75 Å². The minimum atomic E-state index is -0.488. The summed E-state index contributed by atoms with van der Waals surface area (Å²) in [5.41, 5.74) is 6.37. The number of benzene rings is 2. The molecule has 0 fully saturated rings. The number of ether oxygens (including phenoxy) is 1. The standard InChI is InChI=1S/C23H28ClN3O4/c1-3-4-7-15-31-20-12-6-5-9-17(20)23(30)27-26-22(29)14-13-21(28)25-19-11-8-10-18(24)16(19)2/h5-6,8-12H,3-4,7,13-15H2,1-2H3,(H,25,28)(H,26,29)(H,27,30). The molecule has 0 unspecified atom stereocenters. The Bertz CT molecular complexity index is 917. The molecule has 0 bridgehead atoms. The van der Waals surface area contributed by atoms with E-state index in [0.717, 1.165) is 24.8 Å². The summed E-state index contributed by atoms with van der Waals surface area (Å²) in [4.78, 5) is 36.5. The average Bonchev–Trinajstić information content (AvgIpc) is 2.77. The third-order valence-electron chi connectivity index (χ3n) is 4.57. The number of anilines is 1. The van der Waals surface area contributed by atoms with Crippen molar-refractivity contribution in [2.75, 3.05) is 11.9 Å². The molecule has 8 heteroatoms. The van der Waals surface area contributed by atoms with E-state index in [9.17, 15) is 14.4 Å². The molecule has 0 aromatic heterocycles. The summed E-state index contributed by atoms with van der Waals surface area (Å²) in [6.07, 6.45) is 2.91. The number of unbranched alkanes of at least 4 members (excludes halogenated alkanes) is 2. The highest BCUT2D eigenvalue weighted by atomic mass is 35.5. The van der Waals surface area contributed by atoms with Crippen molar-refractivity contribution in [3.63, 3.8) is 0 Å². The van der Waals surface area contributed by atoms with Crippen molar-refractivity contribution in [3.05, 3.63) is 58.6 Å². The molecule has 0 saturated heterocycles. The van der Waals surface area contributed by atoms with Crippen LogP contribution in [0.3, 0.4) is 0 Å². The quantitative estimate of drug-likeness (QED) is 0.373. The Hall–Kier alpha value is -3.06. The van der Waals surface area contributed by atoms with E-state index < -0.39 is 11.8 Å². The molecule has 0 aliphatic heterocycles. The molecule has 0 heterocycles. The van der Waals surface area contributed by atoms with E-state index in [1.54, 1.807) is 49.4 Å². The van der Waals surface area contributed by atoms with Crippen LogP contribution < -0.4 is 20.9 Å². The summed E-state index contributed by atoms with van der Waals surface area (Å²) in [6.45, 7) is 4.42. The SMILES string of the molecule is CCCCCOc1ccccc1C(=O)NNC(=O)CCC(=O)Nc1cccc(Cl)c1C. The second-order valence-corrected chi connectivity index (χ2v) is 7.42. The first-order chi connectivity index (χ1) is 14.9. The van der Waals surface area contributed by atoms with E-state index in [-0.39, 0.29) is 18.7 Å². The number of hydrogen-bond donors (Lipinski definition) is 3. The van der Waals surface area contributed by atoms with Crippen LogP contribution in [0.1, 0.15) is 54.9 Å². The van der Waals surface area contributed by atoms with Crippen molar-refractivity contribution in [1.82, 2.24) is 10.9 Å². The second-order valence-electron chi connectivity index (χ2n) is 7.01. The molecule has 0 aliphatic rings. The summed E-state index contributed by atoms with van der Waals surface area (Å²) in [7, 11) is 0. The molecule has 3 amide bonds. The number of hydrogen-bond acceptors (Lipinski definition) is 4. The third-order valence-corrected chi connectivity index (χ3v) is 4.98. The summed E-state index contributed by atoms with van der Waals surface area (Å²) in [6, 6.07) is 12.0. The number of amides is 3. The van der Waals surface area contributed by atoms with Gasteiger partial charge in [0.25, 0.3) is 5.91 Å². The zero-order valence-corrected chi connectivity index (χ0v) is 18.6. The van der Waals surface area contributed by atoms with Crippen molar-refractivity contribution >= 4 is 35.0 Å². The van der Waals surface area contributed by atoms with E-state index in [1.165, 1.54) is 0 Å². The lowest BCUT2D eigenvalue weighted by molar-refractivity contribution is -0.124. The van der Waals surface area contributed by atoms with Gasteiger partial charge in [-0.15, -0.1) is 0 Å². The normalized spacial score (nSPS) is 10.3. The van der Waals surface area contributed by atoms with Gasteiger partial charge in [0.05, 0.1) is 12.2 Å². The van der Waals surface area contributed by atoms with Gasteiger partial charge in [-0.2, -0.15) is 0 Å². The first-order valence-electron chi connectivity index (χ1n) is 10.3. The van der Waals surface area contributed by atoms with Gasteiger partial charge in [0.1, 0.15) is 5.75 Å². The van der Waals surface area contributed by atoms with E-state index >= 15 is 0 Å². The lowest BCUT2D eigenvalue weighted by Gasteiger charge is -2.12. The van der Waals surface area contributed by atoms with Crippen molar-refractivity contribution in [1.29, 1.82) is 0 Å². The Morgan fingerprint density at radius 1 is 0.935 bits per heavy atom. The van der Waals surface area contributed by atoms with Gasteiger partial charge in [-0.3, -0.25) is 25.2 Å². The average molecular weight is 446 g/mol. The topological polar surface area (TPSA) is 96.5 Å². The van der Waals surface area contributed by atoms with Crippen molar-refractivity contribution in [3.8, 4) is 5.75 Å². The summed E-state index contributed by atoms with van der Waals surface area (Å²) in [5.74, 6) is -0.828. The maximum absolute atomic E-state index is 12.4. The fourth-order valence-electron chi connectivity index (χ4n) is 2.75. The van der Waals surface area contributed by atoms with Crippen LogP contribution in [0.25, 0.3) is 0 Å². The van der Waals surface area contributed by atoms with Crippen LogP contribution >= 0.6 is 11.6 Å². The van der Waals surface area contributed by atoms with E-state index in [1.807, 2.05) is 0 Å². The van der Waals surface area contributed by atoms with Gasteiger partial charge in [0, 0.05) is 23.6 Å². The minimum Gasteiger partial charge on any atom is -0.493 e. The second kappa shape index (κ2) is 12.6. The van der Waals surface area contributed by atoms with Gasteiger partial charge in [-0.1, -0.05) is 49.6 Å². The van der Waals surface area contributed by atoms with Gasteiger partial charge < -0.3 is 10.1 Å². The molecule has 2 rings (SSSR count). The zero-order chi connectivity index (χ0) is 22.6. The highest BCUT2D eigenvalue weighted by Gasteiger charge is 2.14. The molecule has 0 spiro atoms. The number of carbonyl (C=O) groups excluding carboxylic acids is 3. The lowest BCUT2D eigenvalue weighted by Crippen LogP contribution is -2.42. The Kier molecular flexibility index (Phi) is 9.84. The molecule has 0 radical (unpaired) electrons. The monoisotopic (exact) mass is 445 g/mol. The van der Waals surface area contributed by atoms with E-state index in [0.29, 0.717) is 28.6 Å². The molecular formula is C23H28ClN3O4. The summed E-state index contributed by atoms with van der Waals surface area (Å²) in [5, 5.41) is 3.27. The molecule has 0 saturated carbocycles. The van der Waals surface area contributed by atoms with Crippen LogP contribution in [0.15, 0.2) is 42.5 Å². The lowest BCUT2D eigenvalue weighted by atomic mass is 10.2. The number of hydrazine groups is 1. The van der Waals surface area contributed by atoms with Crippen LogP contribution in [0.2, 0.25) is 5.02 Å². The minimum absolute atomic E-state index is 0.0369. The first-order valence-corrected chi connectivity index (χ1v) is 10.7. The van der Waals surface area contributed by atoms with Gasteiger partial charge in [0.15, 0.2) is 0 Å². The highest BCUT2D eigenvalue weighted by Crippen LogP contribution is 2.23. The van der Waals surface area contributed by atoms with Crippen molar-refractivity contribution in [2.24, 2.45) is 0 Å². The van der Waals surface area contributed by atoms with Crippen LogP contribution in [0, 0.1) is 6.92 Å². The van der Waals surface area contributed by atoms with E-state index in [4.69, 9.17) is 16.3 Å². The largest absolute Gasteiger partial charge is 0.493 e. The predicted octanol–water partition coefficient (Wildman–Crippen LogP) is 4.40. The summed E-state index contributed by atoms with van der Waals surface area (Å²) >= 11 is 6.03. The highest BCUT2D eigenvalue weighted by molar-refractivity contribution is 6.31. The maximum Gasteiger partial charge on any atom is 0.273 e. The zero-order valence-electron chi connectivity index (χ0n) is 17.8. The maximum atomic E-state index is 12.4. The Balaban J connectivity index is 1.79. The summed E-state index contributed by atoms with van der Waals surface area (Å²) < 4.78 is 5.68. The molecule has 2 aromatic rings. The predicted molar refractivity (Wildman–Crippen MR) is 121 cm³/mol. The van der Waals surface area contributed by atoms with Gasteiger partial charge in [0.2, 0.25) is 11.8 Å². The Morgan fingerprint density at radius 2 is 1.68 bits per heavy atom. The van der Waals surface area contributed by atoms with E-state index in [2.05, 4.69) is 23.1 Å². The van der Waals surface area contributed by atoms with Crippen LogP contribution in [-0.4, -0.2) is 24.3 Å². The molecule has 0 atom stereocenters. The van der Waals surface area contributed by atoms with Crippen molar-refractivity contribution in [2.45, 2.75) is 46.0 Å². The van der Waals surface area contributed by atoms with Gasteiger partial charge in [-0.25, -0.2) is 0 Å². The van der Waals surface area contributed by atoms with Crippen LogP contribution in [0.4, 0.5) is 5.69 Å². The molecule has 166 valence electrons. The van der Waals surface area contributed by atoms with Crippen molar-refractivity contribution < 1.29 is 19.1 Å². The molecule has 0 aliphatic carbocycles. The number of rotatable bonds is 10. The Labute approximate surface area is 187 Å². The number of para-hydroxylation sites is 1. The first kappa shape index (κ1) is 24.2. The number of carbonyl (C=O) groups is 3. The molecular weight excluding hydrogens is 418 g/mol. The Morgan fingerprint density at radius 3 is 2.45 bits per heavy atom. The number of halogens is 1. The molecule has 7 nitrogen and oxygen atoms in total. The molecule has 31 heavy (non-hydrogen) atoms. The number of nitrogens with one attached hydrogen (secondary N) is 3.